The fourth-order valence-corrected chi connectivity index (χ4v) is 2.09. The molecule has 1 heterocycles. The third kappa shape index (κ3) is 2.85. The Morgan fingerprint density at radius 2 is 1.80 bits per heavy atom. The molecule has 8 heteroatoms. The maximum absolute atomic E-state index is 13.0. The van der Waals surface area contributed by atoms with Crippen LogP contribution in [0.1, 0.15) is 27.8 Å². The molecule has 0 radical (unpaired) electrons. The monoisotopic (exact) mass is 300 g/mol. The van der Waals surface area contributed by atoms with Crippen LogP contribution in [0.5, 0.6) is 0 Å². The van der Waals surface area contributed by atoms with Gasteiger partial charge in [0.15, 0.2) is 28.4 Å². The molecule has 0 aliphatic heterocycles. The summed E-state index contributed by atoms with van der Waals surface area (Å²) < 4.78 is 38.8. The molecule has 1 amide bonds. The molecule has 0 aliphatic carbocycles. The van der Waals surface area contributed by atoms with E-state index in [1.165, 1.54) is 12.3 Å². The van der Waals surface area contributed by atoms with Gasteiger partial charge in [0, 0.05) is 17.9 Å². The SMILES string of the molecule is CC(=O)c1csc(NC(=O)c2cc(F)c(F)c(F)c2)n1. The fourth-order valence-electron chi connectivity index (χ4n) is 1.35. The van der Waals surface area contributed by atoms with Gasteiger partial charge < -0.3 is 0 Å². The van der Waals surface area contributed by atoms with Gasteiger partial charge in [-0.1, -0.05) is 0 Å². The number of hydrogen-bond donors (Lipinski definition) is 1. The van der Waals surface area contributed by atoms with Crippen molar-refractivity contribution in [3.63, 3.8) is 0 Å². The summed E-state index contributed by atoms with van der Waals surface area (Å²) in [5.41, 5.74) is -0.220. The Bertz CT molecular complexity index is 677. The number of benzene rings is 1. The second kappa shape index (κ2) is 5.41. The van der Waals surface area contributed by atoms with Gasteiger partial charge in [0.25, 0.3) is 5.91 Å². The van der Waals surface area contributed by atoms with Crippen LogP contribution in [0.25, 0.3) is 0 Å². The summed E-state index contributed by atoms with van der Waals surface area (Å²) in [7, 11) is 0. The summed E-state index contributed by atoms with van der Waals surface area (Å²) >= 11 is 0.987. The van der Waals surface area contributed by atoms with Crippen LogP contribution < -0.4 is 5.32 Å². The van der Waals surface area contributed by atoms with Crippen LogP contribution in [0, 0.1) is 17.5 Å². The van der Waals surface area contributed by atoms with Crippen molar-refractivity contribution in [1.29, 1.82) is 0 Å². The van der Waals surface area contributed by atoms with Crippen molar-refractivity contribution in [2.45, 2.75) is 6.92 Å². The van der Waals surface area contributed by atoms with E-state index in [1.54, 1.807) is 0 Å². The van der Waals surface area contributed by atoms with Crippen LogP contribution in [0.2, 0.25) is 0 Å². The molecule has 20 heavy (non-hydrogen) atoms. The first-order chi connectivity index (χ1) is 9.38. The summed E-state index contributed by atoms with van der Waals surface area (Å²) in [4.78, 5) is 26.6. The number of amides is 1. The van der Waals surface area contributed by atoms with Crippen molar-refractivity contribution in [2.24, 2.45) is 0 Å². The van der Waals surface area contributed by atoms with Crippen molar-refractivity contribution < 1.29 is 22.8 Å². The molecule has 0 unspecified atom stereocenters. The molecule has 1 N–H and O–H groups in total. The normalized spacial score (nSPS) is 10.4. The smallest absolute Gasteiger partial charge is 0.257 e. The first-order valence-corrected chi connectivity index (χ1v) is 6.19. The first kappa shape index (κ1) is 14.2. The van der Waals surface area contributed by atoms with Crippen molar-refractivity contribution in [2.75, 3.05) is 5.32 Å². The summed E-state index contributed by atoms with van der Waals surface area (Å²) in [6.45, 7) is 1.31. The van der Waals surface area contributed by atoms with Crippen LogP contribution in [-0.2, 0) is 0 Å². The van der Waals surface area contributed by atoms with Gasteiger partial charge in [-0.05, 0) is 12.1 Å². The average molecular weight is 300 g/mol. The number of carbonyl (C=O) groups excluding carboxylic acids is 2. The summed E-state index contributed by atoms with van der Waals surface area (Å²) in [6, 6.07) is 1.15. The lowest BCUT2D eigenvalue weighted by Gasteiger charge is -2.03. The molecule has 2 rings (SSSR count). The second-order valence-electron chi connectivity index (χ2n) is 3.80. The number of anilines is 1. The molecule has 1 aromatic carbocycles. The number of Topliss-reactive ketones (excluding diaryl/α,β-unsaturated/α-hetero) is 1. The molecule has 104 valence electrons. The zero-order chi connectivity index (χ0) is 14.9. The van der Waals surface area contributed by atoms with E-state index in [1.807, 2.05) is 0 Å². The molecule has 0 saturated heterocycles. The molecule has 4 nitrogen and oxygen atoms in total. The highest BCUT2D eigenvalue weighted by atomic mass is 32.1. The number of hydrogen-bond acceptors (Lipinski definition) is 4. The number of halogens is 3. The van der Waals surface area contributed by atoms with Gasteiger partial charge in [0.2, 0.25) is 0 Å². The van der Waals surface area contributed by atoms with Gasteiger partial charge in [-0.15, -0.1) is 11.3 Å². The highest BCUT2D eigenvalue weighted by Gasteiger charge is 2.16. The predicted molar refractivity (Wildman–Crippen MR) is 66.4 cm³/mol. The third-order valence-electron chi connectivity index (χ3n) is 2.33. The van der Waals surface area contributed by atoms with Crippen LogP contribution in [-0.4, -0.2) is 16.7 Å². The fraction of sp³-hybridized carbons (Fsp3) is 0.0833. The van der Waals surface area contributed by atoms with Gasteiger partial charge in [-0.3, -0.25) is 14.9 Å². The van der Waals surface area contributed by atoms with E-state index in [0.717, 1.165) is 11.3 Å². The van der Waals surface area contributed by atoms with Crippen molar-refractivity contribution in [3.8, 4) is 0 Å². The number of rotatable bonds is 3. The van der Waals surface area contributed by atoms with E-state index in [-0.39, 0.29) is 22.2 Å². The Labute approximate surface area is 115 Å². The Morgan fingerprint density at radius 1 is 1.20 bits per heavy atom. The van der Waals surface area contributed by atoms with E-state index < -0.39 is 23.4 Å². The molecule has 1 aromatic heterocycles. The molecule has 0 fully saturated rings. The number of ketones is 1. The lowest BCUT2D eigenvalue weighted by atomic mass is 10.2. The maximum Gasteiger partial charge on any atom is 0.257 e. The van der Waals surface area contributed by atoms with Crippen LogP contribution >= 0.6 is 11.3 Å². The Hall–Kier alpha value is -2.22. The molecule has 0 bridgehead atoms. The Balaban J connectivity index is 2.21. The topological polar surface area (TPSA) is 59.1 Å². The highest BCUT2D eigenvalue weighted by molar-refractivity contribution is 7.14. The lowest BCUT2D eigenvalue weighted by molar-refractivity contribution is 0.100. The molecule has 0 saturated carbocycles. The minimum Gasteiger partial charge on any atom is -0.298 e. The van der Waals surface area contributed by atoms with Gasteiger partial charge >= 0.3 is 0 Å². The minimum atomic E-state index is -1.64. The maximum atomic E-state index is 13.0. The number of thiazole rings is 1. The molecule has 0 spiro atoms. The van der Waals surface area contributed by atoms with Crippen LogP contribution in [0.15, 0.2) is 17.5 Å². The molecule has 2 aromatic rings. The van der Waals surface area contributed by atoms with Crippen LogP contribution in [0.4, 0.5) is 18.3 Å². The number of nitrogens with one attached hydrogen (secondary N) is 1. The molecule has 0 aliphatic rings. The number of nitrogens with zero attached hydrogens (tertiary/aromatic N) is 1. The zero-order valence-electron chi connectivity index (χ0n) is 10.0. The van der Waals surface area contributed by atoms with Crippen molar-refractivity contribution >= 4 is 28.2 Å². The highest BCUT2D eigenvalue weighted by Crippen LogP contribution is 2.18. The first-order valence-electron chi connectivity index (χ1n) is 5.31. The standard InChI is InChI=1S/C12H7F3N2O2S/c1-5(18)9-4-20-12(16-9)17-11(19)6-2-7(13)10(15)8(14)3-6/h2-4H,1H3,(H,16,17,19). The minimum absolute atomic E-state index is 0.102. The van der Waals surface area contributed by atoms with E-state index in [9.17, 15) is 22.8 Å². The van der Waals surface area contributed by atoms with E-state index in [2.05, 4.69) is 10.3 Å². The number of carbonyl (C=O) groups is 2. The van der Waals surface area contributed by atoms with Gasteiger partial charge in [-0.2, -0.15) is 0 Å². The molecule has 0 atom stereocenters. The molecular formula is C12H7F3N2O2S. The van der Waals surface area contributed by atoms with E-state index in [0.29, 0.717) is 12.1 Å². The predicted octanol–water partition coefficient (Wildman–Crippen LogP) is 3.02. The Morgan fingerprint density at radius 3 is 2.30 bits per heavy atom. The summed E-state index contributed by atoms with van der Waals surface area (Å²) in [5.74, 6) is -5.69. The van der Waals surface area contributed by atoms with E-state index in [4.69, 9.17) is 0 Å². The Kier molecular flexibility index (Phi) is 3.84. The summed E-state index contributed by atoms with van der Waals surface area (Å²) in [6.07, 6.45) is 0. The summed E-state index contributed by atoms with van der Waals surface area (Å²) in [5, 5.41) is 3.80. The second-order valence-corrected chi connectivity index (χ2v) is 4.66. The van der Waals surface area contributed by atoms with Crippen molar-refractivity contribution in [1.82, 2.24) is 4.98 Å². The van der Waals surface area contributed by atoms with Gasteiger partial charge in [0.05, 0.1) is 0 Å². The largest absolute Gasteiger partial charge is 0.298 e. The number of aromatic nitrogens is 1. The van der Waals surface area contributed by atoms with E-state index >= 15 is 0 Å². The zero-order valence-corrected chi connectivity index (χ0v) is 10.9. The van der Waals surface area contributed by atoms with Gasteiger partial charge in [-0.25, -0.2) is 18.2 Å². The third-order valence-corrected chi connectivity index (χ3v) is 3.09. The lowest BCUT2D eigenvalue weighted by Crippen LogP contribution is -2.13. The van der Waals surface area contributed by atoms with Gasteiger partial charge in [0.1, 0.15) is 5.69 Å². The van der Waals surface area contributed by atoms with Crippen molar-refractivity contribution in [3.05, 3.63) is 46.2 Å². The quantitative estimate of drug-likeness (QED) is 0.700. The molecular weight excluding hydrogens is 293 g/mol. The van der Waals surface area contributed by atoms with Crippen LogP contribution in [0.3, 0.4) is 0 Å². The average Bonchev–Trinajstić information content (AvgIpc) is 2.84.